The lowest BCUT2D eigenvalue weighted by Crippen LogP contribution is -2.00. The predicted molar refractivity (Wildman–Crippen MR) is 83.7 cm³/mol. The Morgan fingerprint density at radius 2 is 1.67 bits per heavy atom. The fourth-order valence-electron chi connectivity index (χ4n) is 2.34. The number of aromatic nitrogens is 1. The summed E-state index contributed by atoms with van der Waals surface area (Å²) in [7, 11) is 0. The molecule has 0 fully saturated rings. The molecule has 1 heterocycles. The maximum atomic E-state index is 11.7. The molecule has 0 spiro atoms. The summed E-state index contributed by atoms with van der Waals surface area (Å²) in [6.07, 6.45) is 4.97. The number of nitrogens with zero attached hydrogens (tertiary/aromatic N) is 1. The number of hydrogen-bond acceptors (Lipinski definition) is 2. The van der Waals surface area contributed by atoms with Gasteiger partial charge in [-0.15, -0.1) is 0 Å². The maximum absolute atomic E-state index is 11.7. The largest absolute Gasteiger partial charge is 0.478 e. The Morgan fingerprint density at radius 1 is 0.952 bits per heavy atom. The molecule has 3 rings (SSSR count). The van der Waals surface area contributed by atoms with Crippen LogP contribution in [0.25, 0.3) is 22.4 Å². The third-order valence-corrected chi connectivity index (χ3v) is 3.33. The summed E-state index contributed by atoms with van der Waals surface area (Å²) >= 11 is 0. The molecule has 0 amide bonds. The van der Waals surface area contributed by atoms with E-state index in [9.17, 15) is 9.90 Å². The van der Waals surface area contributed by atoms with E-state index < -0.39 is 5.97 Å². The molecule has 3 aromatic rings. The first-order chi connectivity index (χ1) is 10.3. The van der Waals surface area contributed by atoms with E-state index >= 15 is 0 Å². The first kappa shape index (κ1) is 13.1. The number of benzene rings is 2. The van der Waals surface area contributed by atoms with Gasteiger partial charge in [-0.3, -0.25) is 4.98 Å². The summed E-state index contributed by atoms with van der Waals surface area (Å²) in [5.74, 6) is -0.942. The fourth-order valence-corrected chi connectivity index (χ4v) is 2.34. The summed E-state index contributed by atoms with van der Waals surface area (Å²) < 4.78 is 0. The van der Waals surface area contributed by atoms with Gasteiger partial charge in [0.1, 0.15) is 0 Å². The molecule has 0 saturated carbocycles. The minimum Gasteiger partial charge on any atom is -0.478 e. The van der Waals surface area contributed by atoms with Gasteiger partial charge < -0.3 is 5.11 Å². The molecule has 102 valence electrons. The van der Waals surface area contributed by atoms with Crippen molar-refractivity contribution in [1.29, 1.82) is 0 Å². The summed E-state index contributed by atoms with van der Waals surface area (Å²) in [6.45, 7) is 0. The van der Waals surface area contributed by atoms with Gasteiger partial charge in [-0.25, -0.2) is 4.79 Å². The first-order valence-electron chi connectivity index (χ1n) is 6.59. The van der Waals surface area contributed by atoms with E-state index in [-0.39, 0.29) is 5.57 Å². The van der Waals surface area contributed by atoms with Crippen molar-refractivity contribution >= 4 is 28.4 Å². The Kier molecular flexibility index (Phi) is 3.48. The van der Waals surface area contributed by atoms with Crippen LogP contribution in [0.15, 0.2) is 67.0 Å². The van der Waals surface area contributed by atoms with Crippen LogP contribution in [0.1, 0.15) is 11.1 Å². The van der Waals surface area contributed by atoms with Crippen molar-refractivity contribution < 1.29 is 9.90 Å². The van der Waals surface area contributed by atoms with E-state index in [0.29, 0.717) is 0 Å². The van der Waals surface area contributed by atoms with Gasteiger partial charge in [0.05, 0.1) is 5.57 Å². The normalized spacial score (nSPS) is 11.5. The zero-order valence-electron chi connectivity index (χ0n) is 11.2. The molecule has 0 saturated heterocycles. The van der Waals surface area contributed by atoms with Crippen molar-refractivity contribution in [2.45, 2.75) is 0 Å². The highest BCUT2D eigenvalue weighted by atomic mass is 16.4. The summed E-state index contributed by atoms with van der Waals surface area (Å²) in [4.78, 5) is 15.6. The third kappa shape index (κ3) is 2.67. The van der Waals surface area contributed by atoms with Crippen LogP contribution in [0.3, 0.4) is 0 Å². The summed E-state index contributed by atoms with van der Waals surface area (Å²) in [5, 5.41) is 11.5. The van der Waals surface area contributed by atoms with Crippen LogP contribution in [-0.2, 0) is 4.79 Å². The lowest BCUT2D eigenvalue weighted by atomic mass is 9.97. The van der Waals surface area contributed by atoms with Crippen LogP contribution in [0.4, 0.5) is 0 Å². The SMILES string of the molecule is O=C(O)C(=Cc1ccncc1)c1cccc2ccccc12. The fraction of sp³-hybridized carbons (Fsp3) is 0. The Bertz CT molecular complexity index is 818. The van der Waals surface area contributed by atoms with Gasteiger partial charge in [-0.1, -0.05) is 42.5 Å². The second kappa shape index (κ2) is 5.59. The van der Waals surface area contributed by atoms with Crippen molar-refractivity contribution in [1.82, 2.24) is 4.98 Å². The van der Waals surface area contributed by atoms with Crippen molar-refractivity contribution in [3.05, 3.63) is 78.1 Å². The molecule has 0 bridgehead atoms. The molecule has 0 radical (unpaired) electrons. The molecule has 0 atom stereocenters. The van der Waals surface area contributed by atoms with Gasteiger partial charge >= 0.3 is 5.97 Å². The molecule has 1 aromatic heterocycles. The van der Waals surface area contributed by atoms with Gasteiger partial charge in [-0.2, -0.15) is 0 Å². The van der Waals surface area contributed by atoms with Crippen molar-refractivity contribution in [2.24, 2.45) is 0 Å². The van der Waals surface area contributed by atoms with Crippen LogP contribution in [-0.4, -0.2) is 16.1 Å². The highest BCUT2D eigenvalue weighted by molar-refractivity contribution is 6.23. The molecular formula is C18H13NO2. The number of fused-ring (bicyclic) bond motifs is 1. The van der Waals surface area contributed by atoms with E-state index in [1.165, 1.54) is 0 Å². The molecular weight excluding hydrogens is 262 g/mol. The maximum Gasteiger partial charge on any atom is 0.336 e. The molecule has 0 unspecified atom stereocenters. The van der Waals surface area contributed by atoms with Crippen LogP contribution < -0.4 is 0 Å². The van der Waals surface area contributed by atoms with Gasteiger partial charge in [0.25, 0.3) is 0 Å². The molecule has 0 aliphatic carbocycles. The molecule has 2 aromatic carbocycles. The number of hydrogen-bond donors (Lipinski definition) is 1. The molecule has 21 heavy (non-hydrogen) atoms. The Balaban J connectivity index is 2.22. The highest BCUT2D eigenvalue weighted by Crippen LogP contribution is 2.26. The smallest absolute Gasteiger partial charge is 0.336 e. The Morgan fingerprint density at radius 3 is 2.43 bits per heavy atom. The van der Waals surface area contributed by atoms with E-state index in [1.54, 1.807) is 30.6 Å². The van der Waals surface area contributed by atoms with Gasteiger partial charge in [0.2, 0.25) is 0 Å². The zero-order valence-corrected chi connectivity index (χ0v) is 11.2. The van der Waals surface area contributed by atoms with Gasteiger partial charge in [0.15, 0.2) is 0 Å². The topological polar surface area (TPSA) is 50.2 Å². The second-order valence-electron chi connectivity index (χ2n) is 4.67. The van der Waals surface area contributed by atoms with E-state index in [1.807, 2.05) is 42.5 Å². The zero-order chi connectivity index (χ0) is 14.7. The highest BCUT2D eigenvalue weighted by Gasteiger charge is 2.13. The summed E-state index contributed by atoms with van der Waals surface area (Å²) in [5.41, 5.74) is 1.81. The van der Waals surface area contributed by atoms with Gasteiger partial charge in [-0.05, 0) is 40.1 Å². The number of carboxylic acids is 1. The lowest BCUT2D eigenvalue weighted by Gasteiger charge is -2.07. The van der Waals surface area contributed by atoms with Crippen molar-refractivity contribution in [3.63, 3.8) is 0 Å². The van der Waals surface area contributed by atoms with Crippen molar-refractivity contribution in [3.8, 4) is 0 Å². The third-order valence-electron chi connectivity index (χ3n) is 3.33. The van der Waals surface area contributed by atoms with Crippen LogP contribution in [0.5, 0.6) is 0 Å². The minimum atomic E-state index is -0.942. The molecule has 0 aliphatic heterocycles. The molecule has 3 nitrogen and oxygen atoms in total. The summed E-state index contributed by atoms with van der Waals surface area (Å²) in [6, 6.07) is 17.0. The van der Waals surface area contributed by atoms with E-state index in [2.05, 4.69) is 4.98 Å². The minimum absolute atomic E-state index is 0.276. The number of pyridine rings is 1. The number of carbonyl (C=O) groups is 1. The molecule has 0 aliphatic rings. The monoisotopic (exact) mass is 275 g/mol. The predicted octanol–water partition coefficient (Wildman–Crippen LogP) is 3.86. The van der Waals surface area contributed by atoms with Crippen molar-refractivity contribution in [2.75, 3.05) is 0 Å². The number of aliphatic carboxylic acids is 1. The Hall–Kier alpha value is -2.94. The van der Waals surface area contributed by atoms with Crippen LogP contribution >= 0.6 is 0 Å². The standard InChI is InChI=1S/C18H13NO2/c20-18(21)17(12-13-8-10-19-11-9-13)16-7-3-5-14-4-1-2-6-15(14)16/h1-12H,(H,20,21). The number of rotatable bonds is 3. The lowest BCUT2D eigenvalue weighted by molar-refractivity contribution is -0.130. The molecule has 1 N–H and O–H groups in total. The average molecular weight is 275 g/mol. The first-order valence-corrected chi connectivity index (χ1v) is 6.59. The van der Waals surface area contributed by atoms with Gasteiger partial charge in [0, 0.05) is 12.4 Å². The average Bonchev–Trinajstić information content (AvgIpc) is 2.53. The van der Waals surface area contributed by atoms with E-state index in [0.717, 1.165) is 21.9 Å². The van der Waals surface area contributed by atoms with E-state index in [4.69, 9.17) is 0 Å². The van der Waals surface area contributed by atoms with Crippen LogP contribution in [0.2, 0.25) is 0 Å². The van der Waals surface area contributed by atoms with Crippen LogP contribution in [0, 0.1) is 0 Å². The second-order valence-corrected chi connectivity index (χ2v) is 4.67. The number of carboxylic acid groups (broad SMARTS) is 1. The Labute approximate surface area is 122 Å². The quantitative estimate of drug-likeness (QED) is 0.738. The molecule has 3 heteroatoms.